The number of nitrogens with one attached hydrogen (secondary N) is 1. The van der Waals surface area contributed by atoms with E-state index in [0.29, 0.717) is 5.69 Å². The van der Waals surface area contributed by atoms with Crippen molar-refractivity contribution in [2.45, 2.75) is 10.6 Å². The molecule has 0 saturated heterocycles. The van der Waals surface area contributed by atoms with E-state index in [1.807, 2.05) is 0 Å². The van der Waals surface area contributed by atoms with E-state index in [2.05, 4.69) is 10.4 Å². The number of amides is 1. The zero-order valence-electron chi connectivity index (χ0n) is 12.8. The van der Waals surface area contributed by atoms with Gasteiger partial charge in [0.05, 0.1) is 16.8 Å². The summed E-state index contributed by atoms with van der Waals surface area (Å²) in [6.07, 6.45) is 3.14. The van der Waals surface area contributed by atoms with Gasteiger partial charge in [-0.3, -0.25) is 9.48 Å². The van der Waals surface area contributed by atoms with Gasteiger partial charge in [-0.05, 0) is 24.3 Å². The average molecular weight is 345 g/mol. The predicted octanol–water partition coefficient (Wildman–Crippen LogP) is 2.24. The molecule has 1 aromatic carbocycles. The number of furan rings is 1. The number of anilines is 1. The van der Waals surface area contributed by atoms with Crippen molar-refractivity contribution < 1.29 is 17.6 Å². The highest BCUT2D eigenvalue weighted by molar-refractivity contribution is 7.90. The van der Waals surface area contributed by atoms with Gasteiger partial charge in [-0.15, -0.1) is 0 Å². The van der Waals surface area contributed by atoms with Gasteiger partial charge in [-0.2, -0.15) is 5.10 Å². The maximum atomic E-state index is 12.3. The summed E-state index contributed by atoms with van der Waals surface area (Å²) in [6, 6.07) is 11.0. The minimum absolute atomic E-state index is 0.0390. The Labute approximate surface area is 138 Å². The van der Waals surface area contributed by atoms with E-state index >= 15 is 0 Å². The number of hydrogen-bond donors (Lipinski definition) is 1. The fourth-order valence-electron chi connectivity index (χ4n) is 2.15. The molecule has 0 bridgehead atoms. The molecule has 3 aromatic rings. The molecule has 0 saturated carbocycles. The van der Waals surface area contributed by atoms with Gasteiger partial charge in [-0.25, -0.2) is 8.42 Å². The van der Waals surface area contributed by atoms with Crippen LogP contribution in [-0.4, -0.2) is 24.1 Å². The minimum Gasteiger partial charge on any atom is -0.455 e. The molecule has 0 atom stereocenters. The standard InChI is InChI=1S/C16H15N3O4S/c1-19-10-12(9-17-19)18-16(20)15-8-7-13(23-15)11-24(21,22)14-5-3-2-4-6-14/h2-10H,11H2,1H3,(H,18,20). The van der Waals surface area contributed by atoms with Crippen molar-refractivity contribution in [2.24, 2.45) is 7.05 Å². The van der Waals surface area contributed by atoms with Crippen molar-refractivity contribution in [3.63, 3.8) is 0 Å². The first kappa shape index (κ1) is 16.0. The number of aryl methyl sites for hydroxylation is 1. The van der Waals surface area contributed by atoms with Gasteiger partial charge in [0.2, 0.25) is 0 Å². The van der Waals surface area contributed by atoms with Gasteiger partial charge in [0.1, 0.15) is 11.5 Å². The summed E-state index contributed by atoms with van der Waals surface area (Å²) >= 11 is 0. The molecule has 1 amide bonds. The van der Waals surface area contributed by atoms with E-state index in [4.69, 9.17) is 4.42 Å². The fourth-order valence-corrected chi connectivity index (χ4v) is 3.42. The van der Waals surface area contributed by atoms with E-state index in [1.165, 1.54) is 30.5 Å². The number of aromatic nitrogens is 2. The van der Waals surface area contributed by atoms with E-state index < -0.39 is 15.7 Å². The van der Waals surface area contributed by atoms with Crippen LogP contribution in [0, 0.1) is 0 Å². The molecule has 2 heterocycles. The molecule has 0 aliphatic rings. The molecule has 0 unspecified atom stereocenters. The second-order valence-corrected chi connectivity index (χ2v) is 7.18. The molecule has 0 radical (unpaired) electrons. The Bertz CT molecular complexity index is 958. The number of benzene rings is 1. The number of nitrogens with zero attached hydrogens (tertiary/aromatic N) is 2. The van der Waals surface area contributed by atoms with Gasteiger partial charge in [0.15, 0.2) is 15.6 Å². The van der Waals surface area contributed by atoms with E-state index in [-0.39, 0.29) is 22.2 Å². The number of carbonyl (C=O) groups is 1. The van der Waals surface area contributed by atoms with E-state index in [1.54, 1.807) is 36.1 Å². The van der Waals surface area contributed by atoms with Crippen molar-refractivity contribution >= 4 is 21.4 Å². The summed E-state index contributed by atoms with van der Waals surface area (Å²) in [4.78, 5) is 12.3. The van der Waals surface area contributed by atoms with Crippen molar-refractivity contribution in [1.82, 2.24) is 9.78 Å². The van der Waals surface area contributed by atoms with Gasteiger partial charge in [0, 0.05) is 13.2 Å². The third-order valence-electron chi connectivity index (χ3n) is 3.28. The van der Waals surface area contributed by atoms with Crippen molar-refractivity contribution in [1.29, 1.82) is 0 Å². The number of sulfone groups is 1. The maximum Gasteiger partial charge on any atom is 0.291 e. The quantitative estimate of drug-likeness (QED) is 0.765. The second-order valence-electron chi connectivity index (χ2n) is 5.19. The summed E-state index contributed by atoms with van der Waals surface area (Å²) < 4.78 is 31.5. The van der Waals surface area contributed by atoms with Crippen LogP contribution in [0.3, 0.4) is 0 Å². The van der Waals surface area contributed by atoms with Gasteiger partial charge in [0.25, 0.3) is 5.91 Å². The lowest BCUT2D eigenvalue weighted by atomic mass is 10.4. The maximum absolute atomic E-state index is 12.3. The highest BCUT2D eigenvalue weighted by atomic mass is 32.2. The van der Waals surface area contributed by atoms with Crippen molar-refractivity contribution in [3.05, 3.63) is 66.4 Å². The SMILES string of the molecule is Cn1cc(NC(=O)c2ccc(CS(=O)(=O)c3ccccc3)o2)cn1. The van der Waals surface area contributed by atoms with E-state index in [0.717, 1.165) is 0 Å². The van der Waals surface area contributed by atoms with Crippen LogP contribution >= 0.6 is 0 Å². The third-order valence-corrected chi connectivity index (χ3v) is 4.94. The van der Waals surface area contributed by atoms with Crippen LogP contribution in [0.15, 0.2) is 64.2 Å². The van der Waals surface area contributed by atoms with Crippen LogP contribution in [0.25, 0.3) is 0 Å². The Morgan fingerprint density at radius 1 is 1.21 bits per heavy atom. The highest BCUT2D eigenvalue weighted by Crippen LogP contribution is 2.18. The van der Waals surface area contributed by atoms with Gasteiger partial charge < -0.3 is 9.73 Å². The number of rotatable bonds is 5. The summed E-state index contributed by atoms with van der Waals surface area (Å²) in [6.45, 7) is 0. The molecule has 24 heavy (non-hydrogen) atoms. The molecule has 0 spiro atoms. The predicted molar refractivity (Wildman–Crippen MR) is 87.2 cm³/mol. The van der Waals surface area contributed by atoms with Crippen LogP contribution in [0.2, 0.25) is 0 Å². The van der Waals surface area contributed by atoms with Crippen molar-refractivity contribution in [2.75, 3.05) is 5.32 Å². The molecule has 0 aliphatic carbocycles. The Hall–Kier alpha value is -2.87. The van der Waals surface area contributed by atoms with Gasteiger partial charge in [-0.1, -0.05) is 18.2 Å². The average Bonchev–Trinajstić information content (AvgIpc) is 3.17. The Balaban J connectivity index is 1.72. The molecule has 1 N–H and O–H groups in total. The zero-order valence-corrected chi connectivity index (χ0v) is 13.7. The molecule has 124 valence electrons. The highest BCUT2D eigenvalue weighted by Gasteiger charge is 2.19. The molecule has 8 heteroatoms. The molecule has 2 aromatic heterocycles. The number of carbonyl (C=O) groups excluding carboxylic acids is 1. The normalized spacial score (nSPS) is 11.4. The zero-order chi connectivity index (χ0) is 17.2. The van der Waals surface area contributed by atoms with Crippen LogP contribution in [0.1, 0.15) is 16.3 Å². The minimum atomic E-state index is -3.52. The van der Waals surface area contributed by atoms with Gasteiger partial charge >= 0.3 is 0 Å². The molecule has 3 rings (SSSR count). The fraction of sp³-hybridized carbons (Fsp3) is 0.125. The smallest absolute Gasteiger partial charge is 0.291 e. The summed E-state index contributed by atoms with van der Waals surface area (Å²) in [5.74, 6) is -0.532. The lowest BCUT2D eigenvalue weighted by Crippen LogP contribution is -2.10. The first-order valence-corrected chi connectivity index (χ1v) is 8.76. The molecule has 0 aliphatic heterocycles. The van der Waals surface area contributed by atoms with Crippen LogP contribution in [0.5, 0.6) is 0 Å². The summed E-state index contributed by atoms with van der Waals surface area (Å²) in [5, 5.41) is 6.56. The lowest BCUT2D eigenvalue weighted by molar-refractivity contribution is 0.0995. The summed E-state index contributed by atoms with van der Waals surface area (Å²) in [5.41, 5.74) is 0.525. The first-order chi connectivity index (χ1) is 11.4. The molecular weight excluding hydrogens is 330 g/mol. The topological polar surface area (TPSA) is 94.2 Å². The number of hydrogen-bond acceptors (Lipinski definition) is 5. The lowest BCUT2D eigenvalue weighted by Gasteiger charge is -2.02. The van der Waals surface area contributed by atoms with Crippen LogP contribution < -0.4 is 5.32 Å². The van der Waals surface area contributed by atoms with Crippen LogP contribution in [-0.2, 0) is 22.6 Å². The molecule has 7 nitrogen and oxygen atoms in total. The summed E-state index contributed by atoms with van der Waals surface area (Å²) in [7, 11) is -1.79. The van der Waals surface area contributed by atoms with E-state index in [9.17, 15) is 13.2 Å². The molecule has 0 fully saturated rings. The Morgan fingerprint density at radius 3 is 2.62 bits per heavy atom. The Morgan fingerprint density at radius 2 is 1.96 bits per heavy atom. The first-order valence-electron chi connectivity index (χ1n) is 7.10. The monoisotopic (exact) mass is 345 g/mol. The second kappa shape index (κ2) is 6.32. The van der Waals surface area contributed by atoms with Crippen molar-refractivity contribution in [3.8, 4) is 0 Å². The Kier molecular flexibility index (Phi) is 4.22. The largest absolute Gasteiger partial charge is 0.455 e. The molecular formula is C16H15N3O4S. The van der Waals surface area contributed by atoms with Crippen LogP contribution in [0.4, 0.5) is 5.69 Å². The third kappa shape index (κ3) is 3.54.